The summed E-state index contributed by atoms with van der Waals surface area (Å²) in [6, 6.07) is 7.37. The SMILES string of the molecule is O=C(C1=C(O)C(=O)N(CCOCCO)[C@@H]1c1ccc(F)cc1)c1ccco1. The van der Waals surface area contributed by atoms with Gasteiger partial charge in [0.05, 0.1) is 37.7 Å². The third-order valence-electron chi connectivity index (χ3n) is 4.19. The van der Waals surface area contributed by atoms with Gasteiger partial charge in [0.1, 0.15) is 5.82 Å². The standard InChI is InChI=1S/C19H18FNO6/c20-13-5-3-12(4-6-13)16-15(17(23)14-2-1-9-27-14)18(24)19(25)21(16)7-10-26-11-8-22/h1-6,9,16,22,24H,7-8,10-11H2/t16-/m1/s1. The topological polar surface area (TPSA) is 100 Å². The maximum atomic E-state index is 13.3. The van der Waals surface area contributed by atoms with Crippen LogP contribution in [0, 0.1) is 5.82 Å². The molecule has 0 saturated carbocycles. The lowest BCUT2D eigenvalue weighted by molar-refractivity contribution is -0.130. The number of rotatable bonds is 8. The molecule has 0 radical (unpaired) electrons. The quantitative estimate of drug-likeness (QED) is 0.541. The fourth-order valence-electron chi connectivity index (χ4n) is 2.98. The summed E-state index contributed by atoms with van der Waals surface area (Å²) >= 11 is 0. The van der Waals surface area contributed by atoms with E-state index in [1.54, 1.807) is 0 Å². The summed E-state index contributed by atoms with van der Waals surface area (Å²) in [6.07, 6.45) is 1.31. The van der Waals surface area contributed by atoms with Crippen LogP contribution in [0.3, 0.4) is 0 Å². The lowest BCUT2D eigenvalue weighted by atomic mass is 9.95. The van der Waals surface area contributed by atoms with Crippen LogP contribution in [-0.4, -0.2) is 53.2 Å². The number of aliphatic hydroxyl groups excluding tert-OH is 2. The molecule has 1 aromatic carbocycles. The lowest BCUT2D eigenvalue weighted by Crippen LogP contribution is -2.34. The molecule has 1 aliphatic rings. The molecule has 2 heterocycles. The van der Waals surface area contributed by atoms with Crippen LogP contribution in [0.25, 0.3) is 0 Å². The first-order chi connectivity index (χ1) is 13.0. The van der Waals surface area contributed by atoms with E-state index in [1.807, 2.05) is 0 Å². The average molecular weight is 375 g/mol. The van der Waals surface area contributed by atoms with Crippen LogP contribution < -0.4 is 0 Å². The fourth-order valence-corrected chi connectivity index (χ4v) is 2.98. The van der Waals surface area contributed by atoms with Gasteiger partial charge in [-0.3, -0.25) is 9.59 Å². The molecule has 27 heavy (non-hydrogen) atoms. The van der Waals surface area contributed by atoms with Crippen LogP contribution in [0.15, 0.2) is 58.4 Å². The molecular formula is C19H18FNO6. The molecular weight excluding hydrogens is 357 g/mol. The number of ketones is 1. The molecule has 8 heteroatoms. The van der Waals surface area contributed by atoms with E-state index in [9.17, 15) is 19.1 Å². The number of benzene rings is 1. The maximum Gasteiger partial charge on any atom is 0.290 e. The smallest absolute Gasteiger partial charge is 0.290 e. The molecule has 0 saturated heterocycles. The first-order valence-electron chi connectivity index (χ1n) is 8.31. The van der Waals surface area contributed by atoms with Crippen molar-refractivity contribution in [1.29, 1.82) is 0 Å². The number of carbonyl (C=O) groups is 2. The minimum Gasteiger partial charge on any atom is -0.503 e. The van der Waals surface area contributed by atoms with E-state index < -0.39 is 29.3 Å². The number of carbonyl (C=O) groups excluding carboxylic acids is 2. The summed E-state index contributed by atoms with van der Waals surface area (Å²) in [4.78, 5) is 26.6. The predicted octanol–water partition coefficient (Wildman–Crippen LogP) is 2.01. The van der Waals surface area contributed by atoms with Gasteiger partial charge in [-0.05, 0) is 29.8 Å². The number of ether oxygens (including phenoxy) is 1. The van der Waals surface area contributed by atoms with Crippen molar-refractivity contribution in [3.05, 3.63) is 71.1 Å². The van der Waals surface area contributed by atoms with Gasteiger partial charge in [-0.2, -0.15) is 0 Å². The van der Waals surface area contributed by atoms with Crippen molar-refractivity contribution in [2.75, 3.05) is 26.4 Å². The van der Waals surface area contributed by atoms with Crippen LogP contribution in [-0.2, 0) is 9.53 Å². The van der Waals surface area contributed by atoms with E-state index in [0.29, 0.717) is 5.56 Å². The van der Waals surface area contributed by atoms with E-state index in [4.69, 9.17) is 14.3 Å². The Bertz CT molecular complexity index is 844. The summed E-state index contributed by atoms with van der Waals surface area (Å²) < 4.78 is 23.6. The molecule has 0 fully saturated rings. The molecule has 7 nitrogen and oxygen atoms in total. The zero-order chi connectivity index (χ0) is 19.4. The monoisotopic (exact) mass is 375 g/mol. The van der Waals surface area contributed by atoms with Crippen LogP contribution >= 0.6 is 0 Å². The first-order valence-corrected chi connectivity index (χ1v) is 8.31. The van der Waals surface area contributed by atoms with Gasteiger partial charge in [-0.1, -0.05) is 12.1 Å². The number of Topliss-reactive ketones (excluding diaryl/α,β-unsaturated/α-hetero) is 1. The van der Waals surface area contributed by atoms with E-state index in [1.165, 1.54) is 47.6 Å². The van der Waals surface area contributed by atoms with Crippen molar-refractivity contribution < 1.29 is 33.3 Å². The molecule has 0 aliphatic carbocycles. The van der Waals surface area contributed by atoms with Gasteiger partial charge in [0.2, 0.25) is 5.78 Å². The highest BCUT2D eigenvalue weighted by Crippen LogP contribution is 2.38. The Morgan fingerprint density at radius 3 is 2.59 bits per heavy atom. The molecule has 1 aliphatic heterocycles. The number of nitrogens with zero attached hydrogens (tertiary/aromatic N) is 1. The highest BCUT2D eigenvalue weighted by molar-refractivity contribution is 6.14. The summed E-state index contributed by atoms with van der Waals surface area (Å²) in [5.74, 6) is -2.51. The Morgan fingerprint density at radius 1 is 1.22 bits per heavy atom. The lowest BCUT2D eigenvalue weighted by Gasteiger charge is -2.26. The molecule has 1 aromatic heterocycles. The van der Waals surface area contributed by atoms with Crippen LogP contribution in [0.1, 0.15) is 22.2 Å². The van der Waals surface area contributed by atoms with Crippen molar-refractivity contribution >= 4 is 11.7 Å². The molecule has 2 aromatic rings. The molecule has 1 amide bonds. The zero-order valence-corrected chi connectivity index (χ0v) is 14.3. The van der Waals surface area contributed by atoms with Gasteiger partial charge in [0, 0.05) is 6.54 Å². The Balaban J connectivity index is 1.96. The Kier molecular flexibility index (Phi) is 5.68. The predicted molar refractivity (Wildman–Crippen MR) is 91.5 cm³/mol. The van der Waals surface area contributed by atoms with Crippen LogP contribution in [0.5, 0.6) is 0 Å². The summed E-state index contributed by atoms with van der Waals surface area (Å²) in [5, 5.41) is 19.1. The second-order valence-electron chi connectivity index (χ2n) is 5.86. The fraction of sp³-hybridized carbons (Fsp3) is 0.263. The molecule has 0 unspecified atom stereocenters. The third kappa shape index (κ3) is 3.76. The van der Waals surface area contributed by atoms with E-state index in [2.05, 4.69) is 0 Å². The molecule has 0 spiro atoms. The summed E-state index contributed by atoms with van der Waals surface area (Å²) in [5.41, 5.74) is 0.328. The number of hydrogen-bond donors (Lipinski definition) is 2. The van der Waals surface area contributed by atoms with Crippen molar-refractivity contribution in [3.8, 4) is 0 Å². The van der Waals surface area contributed by atoms with Gasteiger partial charge in [-0.15, -0.1) is 0 Å². The van der Waals surface area contributed by atoms with Gasteiger partial charge >= 0.3 is 0 Å². The van der Waals surface area contributed by atoms with Crippen molar-refractivity contribution in [2.24, 2.45) is 0 Å². The van der Waals surface area contributed by atoms with Crippen LogP contribution in [0.2, 0.25) is 0 Å². The minimum atomic E-state index is -0.909. The second-order valence-corrected chi connectivity index (χ2v) is 5.86. The van der Waals surface area contributed by atoms with Gasteiger partial charge < -0.3 is 24.3 Å². The molecule has 3 rings (SSSR count). The highest BCUT2D eigenvalue weighted by Gasteiger charge is 2.44. The third-order valence-corrected chi connectivity index (χ3v) is 4.19. The Morgan fingerprint density at radius 2 is 1.96 bits per heavy atom. The average Bonchev–Trinajstić information content (AvgIpc) is 3.28. The van der Waals surface area contributed by atoms with E-state index in [-0.39, 0.29) is 37.7 Å². The van der Waals surface area contributed by atoms with Crippen molar-refractivity contribution in [2.45, 2.75) is 6.04 Å². The summed E-state index contributed by atoms with van der Waals surface area (Å²) in [7, 11) is 0. The van der Waals surface area contributed by atoms with Gasteiger partial charge in [0.25, 0.3) is 5.91 Å². The number of hydrogen-bond acceptors (Lipinski definition) is 6. The normalized spacial score (nSPS) is 17.0. The van der Waals surface area contributed by atoms with Crippen molar-refractivity contribution in [3.63, 3.8) is 0 Å². The minimum absolute atomic E-state index is 0.0187. The first kappa shape index (κ1) is 18.8. The molecule has 0 bridgehead atoms. The van der Waals surface area contributed by atoms with E-state index in [0.717, 1.165) is 0 Å². The highest BCUT2D eigenvalue weighted by atomic mass is 19.1. The molecule has 2 N–H and O–H groups in total. The zero-order valence-electron chi connectivity index (χ0n) is 14.3. The van der Waals surface area contributed by atoms with Crippen LogP contribution in [0.4, 0.5) is 4.39 Å². The number of aliphatic hydroxyl groups is 2. The molecule has 142 valence electrons. The van der Waals surface area contributed by atoms with E-state index >= 15 is 0 Å². The number of amides is 1. The number of halogens is 1. The number of furan rings is 1. The van der Waals surface area contributed by atoms with Gasteiger partial charge in [0.15, 0.2) is 11.5 Å². The molecule has 1 atom stereocenters. The largest absolute Gasteiger partial charge is 0.503 e. The van der Waals surface area contributed by atoms with Gasteiger partial charge in [-0.25, -0.2) is 4.39 Å². The summed E-state index contributed by atoms with van der Waals surface area (Å²) in [6.45, 7) is 0.0985. The second kappa shape index (κ2) is 8.15. The van der Waals surface area contributed by atoms with Crippen molar-refractivity contribution in [1.82, 2.24) is 4.90 Å². The maximum absolute atomic E-state index is 13.3. The Labute approximate surface area is 154 Å². The Hall–Kier alpha value is -2.97.